The van der Waals surface area contributed by atoms with E-state index in [1.54, 1.807) is 6.92 Å². The Bertz CT molecular complexity index is 430. The van der Waals surface area contributed by atoms with E-state index in [1.807, 2.05) is 6.92 Å². The average Bonchev–Trinajstić information content (AvgIpc) is 2.97. The minimum Gasteiger partial charge on any atom is -0.364 e. The number of hydrogen-bond donors (Lipinski definition) is 2. The molecule has 1 aromatic rings. The SMILES string of the molecule is CCc1noc(C)c1NC(=O)[C@@H]1CC[C@H](CN)O1. The third-order valence-corrected chi connectivity index (χ3v) is 3.18. The zero-order valence-electron chi connectivity index (χ0n) is 10.7. The Morgan fingerprint density at radius 1 is 1.56 bits per heavy atom. The predicted molar refractivity (Wildman–Crippen MR) is 66.2 cm³/mol. The van der Waals surface area contributed by atoms with Crippen LogP contribution in [-0.2, 0) is 16.0 Å². The van der Waals surface area contributed by atoms with Crippen molar-refractivity contribution in [2.24, 2.45) is 5.73 Å². The minimum atomic E-state index is -0.419. The topological polar surface area (TPSA) is 90.4 Å². The number of amides is 1. The molecule has 3 N–H and O–H groups in total. The highest BCUT2D eigenvalue weighted by Crippen LogP contribution is 2.24. The lowest BCUT2D eigenvalue weighted by atomic mass is 10.2. The average molecular weight is 253 g/mol. The van der Waals surface area contributed by atoms with Crippen LogP contribution in [-0.4, -0.2) is 29.8 Å². The number of anilines is 1. The van der Waals surface area contributed by atoms with Crippen molar-refractivity contribution in [1.29, 1.82) is 0 Å². The standard InChI is InChI=1S/C12H19N3O3/c1-3-9-11(7(2)18-15-9)14-12(16)10-5-4-8(6-13)17-10/h8,10H,3-6,13H2,1-2H3,(H,14,16)/t8-,10+/m1/s1. The van der Waals surface area contributed by atoms with Crippen LogP contribution in [0.2, 0.25) is 0 Å². The van der Waals surface area contributed by atoms with Gasteiger partial charge in [0.1, 0.15) is 17.5 Å². The predicted octanol–water partition coefficient (Wildman–Crippen LogP) is 0.990. The summed E-state index contributed by atoms with van der Waals surface area (Å²) in [6.45, 7) is 4.19. The van der Waals surface area contributed by atoms with Gasteiger partial charge in [0, 0.05) is 6.54 Å². The first-order valence-corrected chi connectivity index (χ1v) is 6.27. The van der Waals surface area contributed by atoms with E-state index in [4.69, 9.17) is 15.0 Å². The van der Waals surface area contributed by atoms with Gasteiger partial charge in [-0.15, -0.1) is 0 Å². The van der Waals surface area contributed by atoms with Gasteiger partial charge in [-0.1, -0.05) is 12.1 Å². The summed E-state index contributed by atoms with van der Waals surface area (Å²) >= 11 is 0. The van der Waals surface area contributed by atoms with Crippen molar-refractivity contribution in [1.82, 2.24) is 5.16 Å². The summed E-state index contributed by atoms with van der Waals surface area (Å²) < 4.78 is 10.6. The molecule has 0 radical (unpaired) electrons. The Morgan fingerprint density at radius 2 is 2.33 bits per heavy atom. The molecule has 1 aliphatic rings. The minimum absolute atomic E-state index is 0.00466. The lowest BCUT2D eigenvalue weighted by Crippen LogP contribution is -2.30. The van der Waals surface area contributed by atoms with E-state index in [1.165, 1.54) is 0 Å². The van der Waals surface area contributed by atoms with Crippen molar-refractivity contribution in [3.8, 4) is 0 Å². The molecule has 0 spiro atoms. The molecule has 2 atom stereocenters. The van der Waals surface area contributed by atoms with Crippen LogP contribution in [0.15, 0.2) is 4.52 Å². The van der Waals surface area contributed by atoms with Crippen LogP contribution in [0.3, 0.4) is 0 Å². The molecular weight excluding hydrogens is 234 g/mol. The molecule has 1 fully saturated rings. The van der Waals surface area contributed by atoms with Crippen molar-refractivity contribution in [3.05, 3.63) is 11.5 Å². The number of ether oxygens (including phenoxy) is 1. The molecule has 0 aromatic carbocycles. The Labute approximate surface area is 106 Å². The molecule has 0 bridgehead atoms. The van der Waals surface area contributed by atoms with Crippen LogP contribution < -0.4 is 11.1 Å². The van der Waals surface area contributed by atoms with Crippen molar-refractivity contribution >= 4 is 11.6 Å². The Hall–Kier alpha value is -1.40. The van der Waals surface area contributed by atoms with Gasteiger partial charge < -0.3 is 20.3 Å². The Kier molecular flexibility index (Phi) is 3.98. The number of nitrogens with one attached hydrogen (secondary N) is 1. The van der Waals surface area contributed by atoms with Gasteiger partial charge in [0.15, 0.2) is 5.76 Å². The summed E-state index contributed by atoms with van der Waals surface area (Å²) in [6.07, 6.45) is 1.83. The molecule has 2 rings (SSSR count). The summed E-state index contributed by atoms with van der Waals surface area (Å²) in [5.41, 5.74) is 6.95. The van der Waals surface area contributed by atoms with Gasteiger partial charge in [-0.25, -0.2) is 0 Å². The summed E-state index contributed by atoms with van der Waals surface area (Å²) in [4.78, 5) is 12.0. The molecule has 1 amide bonds. The number of hydrogen-bond acceptors (Lipinski definition) is 5. The van der Waals surface area contributed by atoms with Crippen LogP contribution in [0.1, 0.15) is 31.2 Å². The first kappa shape index (κ1) is 13.0. The second-order valence-corrected chi connectivity index (χ2v) is 4.46. The normalized spacial score (nSPS) is 23.3. The maximum absolute atomic E-state index is 12.0. The molecule has 0 aliphatic carbocycles. The monoisotopic (exact) mass is 253 g/mol. The third kappa shape index (κ3) is 2.54. The zero-order chi connectivity index (χ0) is 13.1. The fourth-order valence-electron chi connectivity index (χ4n) is 2.10. The molecule has 1 aromatic heterocycles. The molecule has 0 unspecified atom stereocenters. The molecule has 18 heavy (non-hydrogen) atoms. The van der Waals surface area contributed by atoms with Crippen molar-refractivity contribution < 1.29 is 14.1 Å². The van der Waals surface area contributed by atoms with Crippen molar-refractivity contribution in [2.45, 2.75) is 45.3 Å². The summed E-state index contributed by atoms with van der Waals surface area (Å²) in [7, 11) is 0. The van der Waals surface area contributed by atoms with Gasteiger partial charge in [0.25, 0.3) is 5.91 Å². The van der Waals surface area contributed by atoms with E-state index in [0.717, 1.165) is 12.1 Å². The fourth-order valence-corrected chi connectivity index (χ4v) is 2.10. The first-order chi connectivity index (χ1) is 8.65. The molecule has 6 nitrogen and oxygen atoms in total. The number of aromatic nitrogens is 1. The van der Waals surface area contributed by atoms with E-state index in [2.05, 4.69) is 10.5 Å². The fraction of sp³-hybridized carbons (Fsp3) is 0.667. The lowest BCUT2D eigenvalue weighted by Gasteiger charge is -2.12. The van der Waals surface area contributed by atoms with E-state index in [0.29, 0.717) is 30.8 Å². The second-order valence-electron chi connectivity index (χ2n) is 4.46. The third-order valence-electron chi connectivity index (χ3n) is 3.18. The first-order valence-electron chi connectivity index (χ1n) is 6.27. The Balaban J connectivity index is 2.01. The zero-order valence-corrected chi connectivity index (χ0v) is 10.7. The highest BCUT2D eigenvalue weighted by molar-refractivity contribution is 5.95. The molecule has 1 aliphatic heterocycles. The largest absolute Gasteiger partial charge is 0.364 e. The van der Waals surface area contributed by atoms with Gasteiger partial charge in [-0.3, -0.25) is 4.79 Å². The van der Waals surface area contributed by atoms with Gasteiger partial charge in [0.05, 0.1) is 6.10 Å². The lowest BCUT2D eigenvalue weighted by molar-refractivity contribution is -0.126. The van der Waals surface area contributed by atoms with Crippen LogP contribution in [0.25, 0.3) is 0 Å². The van der Waals surface area contributed by atoms with Crippen LogP contribution in [0, 0.1) is 6.92 Å². The van der Waals surface area contributed by atoms with Crippen molar-refractivity contribution in [3.63, 3.8) is 0 Å². The molecule has 1 saturated heterocycles. The highest BCUT2D eigenvalue weighted by atomic mass is 16.5. The smallest absolute Gasteiger partial charge is 0.253 e. The summed E-state index contributed by atoms with van der Waals surface area (Å²) in [5.74, 6) is 0.473. The molecule has 0 saturated carbocycles. The number of nitrogens with zero attached hydrogens (tertiary/aromatic N) is 1. The molecule has 100 valence electrons. The van der Waals surface area contributed by atoms with E-state index in [9.17, 15) is 4.79 Å². The van der Waals surface area contributed by atoms with E-state index < -0.39 is 6.10 Å². The molecular formula is C12H19N3O3. The van der Waals surface area contributed by atoms with Crippen LogP contribution in [0.4, 0.5) is 5.69 Å². The van der Waals surface area contributed by atoms with Gasteiger partial charge in [0.2, 0.25) is 0 Å². The molecule has 2 heterocycles. The summed E-state index contributed by atoms with van der Waals surface area (Å²) in [6, 6.07) is 0. The highest BCUT2D eigenvalue weighted by Gasteiger charge is 2.30. The quantitative estimate of drug-likeness (QED) is 0.835. The van der Waals surface area contributed by atoms with Crippen LogP contribution in [0.5, 0.6) is 0 Å². The number of nitrogens with two attached hydrogens (primary N) is 1. The summed E-state index contributed by atoms with van der Waals surface area (Å²) in [5, 5.41) is 6.73. The van der Waals surface area contributed by atoms with Crippen LogP contribution >= 0.6 is 0 Å². The number of carbonyl (C=O) groups is 1. The number of aryl methyl sites for hydroxylation is 2. The Morgan fingerprint density at radius 3 is 2.94 bits per heavy atom. The van der Waals surface area contributed by atoms with Gasteiger partial charge >= 0.3 is 0 Å². The maximum atomic E-state index is 12.0. The van der Waals surface area contributed by atoms with Gasteiger partial charge in [-0.05, 0) is 26.2 Å². The maximum Gasteiger partial charge on any atom is 0.253 e. The molecule has 6 heteroatoms. The number of rotatable bonds is 4. The van der Waals surface area contributed by atoms with E-state index >= 15 is 0 Å². The van der Waals surface area contributed by atoms with E-state index in [-0.39, 0.29) is 12.0 Å². The number of carbonyl (C=O) groups excluding carboxylic acids is 1. The van der Waals surface area contributed by atoms with Gasteiger partial charge in [-0.2, -0.15) is 0 Å². The van der Waals surface area contributed by atoms with Crippen molar-refractivity contribution in [2.75, 3.05) is 11.9 Å². The second kappa shape index (κ2) is 5.49.